The Labute approximate surface area is 111 Å². The molecule has 0 saturated heterocycles. The van der Waals surface area contributed by atoms with E-state index in [1.807, 2.05) is 0 Å². The monoisotopic (exact) mass is 238 g/mol. The summed E-state index contributed by atoms with van der Waals surface area (Å²) in [5.74, 6) is 1.29. The highest BCUT2D eigenvalue weighted by atomic mass is 14.3. The Morgan fingerprint density at radius 2 is 1.50 bits per heavy atom. The van der Waals surface area contributed by atoms with Gasteiger partial charge in [-0.25, -0.2) is 0 Å². The molecule has 0 saturated carbocycles. The van der Waals surface area contributed by atoms with Crippen molar-refractivity contribution in [1.82, 2.24) is 0 Å². The molecule has 0 amide bonds. The van der Waals surface area contributed by atoms with Crippen LogP contribution in [0.15, 0.2) is 48.5 Å². The van der Waals surface area contributed by atoms with E-state index in [0.717, 1.165) is 0 Å². The Bertz CT molecular complexity index is 522. The SMILES string of the molecule is C.Cc1ccc(C2CC(C)c3ccccc32)cc1. The third-order valence-electron chi connectivity index (χ3n) is 3.97. The van der Waals surface area contributed by atoms with E-state index in [1.54, 1.807) is 0 Å². The van der Waals surface area contributed by atoms with Gasteiger partial charge in [-0.1, -0.05) is 68.4 Å². The van der Waals surface area contributed by atoms with Crippen molar-refractivity contribution in [2.24, 2.45) is 0 Å². The smallest absolute Gasteiger partial charge is 0.00978 e. The Morgan fingerprint density at radius 1 is 0.889 bits per heavy atom. The minimum Gasteiger partial charge on any atom is -0.0776 e. The zero-order valence-electron chi connectivity index (χ0n) is 10.5. The maximum atomic E-state index is 2.34. The van der Waals surface area contributed by atoms with E-state index in [2.05, 4.69) is 62.4 Å². The van der Waals surface area contributed by atoms with Crippen LogP contribution in [0.5, 0.6) is 0 Å². The molecular formula is C18H22. The van der Waals surface area contributed by atoms with E-state index < -0.39 is 0 Å². The fraction of sp³-hybridized carbons (Fsp3) is 0.333. The first-order valence-corrected chi connectivity index (χ1v) is 6.41. The molecule has 0 fully saturated rings. The summed E-state index contributed by atoms with van der Waals surface area (Å²) in [5, 5.41) is 0. The first kappa shape index (κ1) is 12.9. The molecule has 0 radical (unpaired) electrons. The standard InChI is InChI=1S/C17H18.CH4/c1-12-7-9-14(10-8-12)17-11-13(2)15-5-3-4-6-16(15)17;/h3-10,13,17H,11H2,1-2H3;1H4. The molecule has 0 bridgehead atoms. The molecule has 0 heteroatoms. The van der Waals surface area contributed by atoms with Gasteiger partial charge in [0.15, 0.2) is 0 Å². The van der Waals surface area contributed by atoms with E-state index >= 15 is 0 Å². The highest BCUT2D eigenvalue weighted by Gasteiger charge is 2.28. The van der Waals surface area contributed by atoms with Crippen molar-refractivity contribution in [3.8, 4) is 0 Å². The van der Waals surface area contributed by atoms with Gasteiger partial charge in [-0.15, -0.1) is 0 Å². The maximum absolute atomic E-state index is 2.34. The summed E-state index contributed by atoms with van der Waals surface area (Å²) in [6.45, 7) is 4.49. The number of hydrogen-bond acceptors (Lipinski definition) is 0. The topological polar surface area (TPSA) is 0 Å². The number of hydrogen-bond donors (Lipinski definition) is 0. The van der Waals surface area contributed by atoms with Gasteiger partial charge in [0.2, 0.25) is 0 Å². The van der Waals surface area contributed by atoms with E-state index in [9.17, 15) is 0 Å². The van der Waals surface area contributed by atoms with Crippen molar-refractivity contribution in [2.45, 2.75) is 39.5 Å². The van der Waals surface area contributed by atoms with Crippen LogP contribution in [0.2, 0.25) is 0 Å². The van der Waals surface area contributed by atoms with Crippen LogP contribution < -0.4 is 0 Å². The minimum atomic E-state index is 0. The molecule has 2 atom stereocenters. The third-order valence-corrected chi connectivity index (χ3v) is 3.97. The predicted molar refractivity (Wildman–Crippen MR) is 79.2 cm³/mol. The van der Waals surface area contributed by atoms with Crippen molar-refractivity contribution in [2.75, 3.05) is 0 Å². The van der Waals surface area contributed by atoms with Gasteiger partial charge in [0.25, 0.3) is 0 Å². The molecule has 1 aliphatic rings. The van der Waals surface area contributed by atoms with E-state index in [4.69, 9.17) is 0 Å². The fourth-order valence-corrected chi connectivity index (χ4v) is 3.00. The Balaban J connectivity index is 0.00000120. The van der Waals surface area contributed by atoms with Gasteiger partial charge in [-0.2, -0.15) is 0 Å². The fourth-order valence-electron chi connectivity index (χ4n) is 3.00. The molecule has 94 valence electrons. The Hall–Kier alpha value is -1.56. The highest BCUT2D eigenvalue weighted by molar-refractivity contribution is 5.44. The lowest BCUT2D eigenvalue weighted by Crippen LogP contribution is -1.95. The lowest BCUT2D eigenvalue weighted by Gasteiger charge is -2.12. The average Bonchev–Trinajstić information content (AvgIpc) is 2.69. The van der Waals surface area contributed by atoms with Gasteiger partial charge in [-0.05, 0) is 36.0 Å². The van der Waals surface area contributed by atoms with Crippen LogP contribution in [0.25, 0.3) is 0 Å². The van der Waals surface area contributed by atoms with Crippen LogP contribution in [-0.4, -0.2) is 0 Å². The number of fused-ring (bicyclic) bond motifs is 1. The number of benzene rings is 2. The van der Waals surface area contributed by atoms with Gasteiger partial charge >= 0.3 is 0 Å². The minimum absolute atomic E-state index is 0. The van der Waals surface area contributed by atoms with Gasteiger partial charge < -0.3 is 0 Å². The third kappa shape index (κ3) is 2.08. The van der Waals surface area contributed by atoms with Crippen molar-refractivity contribution < 1.29 is 0 Å². The summed E-state index contributed by atoms with van der Waals surface area (Å²) < 4.78 is 0. The average molecular weight is 238 g/mol. The van der Waals surface area contributed by atoms with E-state index in [-0.39, 0.29) is 7.43 Å². The quantitative estimate of drug-likeness (QED) is 0.635. The van der Waals surface area contributed by atoms with Crippen molar-refractivity contribution in [3.05, 3.63) is 70.8 Å². The summed E-state index contributed by atoms with van der Waals surface area (Å²) in [4.78, 5) is 0. The molecule has 0 spiro atoms. The highest BCUT2D eigenvalue weighted by Crippen LogP contribution is 2.44. The van der Waals surface area contributed by atoms with Crippen molar-refractivity contribution in [1.29, 1.82) is 0 Å². The molecule has 0 aliphatic heterocycles. The van der Waals surface area contributed by atoms with Gasteiger partial charge in [-0.3, -0.25) is 0 Å². The lowest BCUT2D eigenvalue weighted by molar-refractivity contribution is 0.686. The number of rotatable bonds is 1. The zero-order valence-corrected chi connectivity index (χ0v) is 10.5. The second-order valence-electron chi connectivity index (χ2n) is 5.23. The molecule has 0 heterocycles. The van der Waals surface area contributed by atoms with Gasteiger partial charge in [0, 0.05) is 5.92 Å². The largest absolute Gasteiger partial charge is 0.0776 e. The second kappa shape index (κ2) is 4.97. The molecule has 18 heavy (non-hydrogen) atoms. The van der Waals surface area contributed by atoms with Crippen molar-refractivity contribution >= 4 is 0 Å². The second-order valence-corrected chi connectivity index (χ2v) is 5.23. The molecule has 0 aromatic heterocycles. The van der Waals surface area contributed by atoms with Crippen LogP contribution in [0.4, 0.5) is 0 Å². The van der Waals surface area contributed by atoms with Gasteiger partial charge in [0.05, 0.1) is 0 Å². The molecule has 0 nitrogen and oxygen atoms in total. The Morgan fingerprint density at radius 3 is 2.17 bits per heavy atom. The summed E-state index contributed by atoms with van der Waals surface area (Å²) in [6, 6.07) is 17.9. The number of aryl methyl sites for hydroxylation is 1. The maximum Gasteiger partial charge on any atom is 0.00978 e. The molecule has 2 aromatic rings. The normalized spacial score (nSPS) is 21.2. The van der Waals surface area contributed by atoms with E-state index in [1.165, 1.54) is 28.7 Å². The lowest BCUT2D eigenvalue weighted by atomic mass is 9.92. The first-order chi connectivity index (χ1) is 8.25. The molecular weight excluding hydrogens is 216 g/mol. The summed E-state index contributed by atoms with van der Waals surface area (Å²) in [7, 11) is 0. The van der Waals surface area contributed by atoms with Crippen molar-refractivity contribution in [3.63, 3.8) is 0 Å². The van der Waals surface area contributed by atoms with Gasteiger partial charge in [0.1, 0.15) is 0 Å². The molecule has 2 unspecified atom stereocenters. The van der Waals surface area contributed by atoms with Crippen LogP contribution in [-0.2, 0) is 0 Å². The van der Waals surface area contributed by atoms with Crippen LogP contribution in [0.3, 0.4) is 0 Å². The molecule has 2 aromatic carbocycles. The zero-order chi connectivity index (χ0) is 11.8. The van der Waals surface area contributed by atoms with E-state index in [0.29, 0.717) is 11.8 Å². The van der Waals surface area contributed by atoms with Crippen LogP contribution in [0, 0.1) is 6.92 Å². The molecule has 3 rings (SSSR count). The predicted octanol–water partition coefficient (Wildman–Crippen LogP) is 5.27. The summed E-state index contributed by atoms with van der Waals surface area (Å²) in [5.41, 5.74) is 5.88. The molecule has 1 aliphatic carbocycles. The summed E-state index contributed by atoms with van der Waals surface area (Å²) >= 11 is 0. The summed E-state index contributed by atoms with van der Waals surface area (Å²) in [6.07, 6.45) is 1.25. The van der Waals surface area contributed by atoms with Crippen LogP contribution in [0.1, 0.15) is 54.9 Å². The Kier molecular flexibility index (Phi) is 3.56. The van der Waals surface area contributed by atoms with Crippen LogP contribution >= 0.6 is 0 Å². The first-order valence-electron chi connectivity index (χ1n) is 6.41. The molecule has 0 N–H and O–H groups in total.